The molecule has 0 saturated heterocycles. The van der Waals surface area contributed by atoms with E-state index in [1.807, 2.05) is 0 Å². The average Bonchev–Trinajstić information content (AvgIpc) is 2.55. The van der Waals surface area contributed by atoms with Crippen molar-refractivity contribution < 1.29 is 29.3 Å². The normalized spacial score (nSPS) is 10.4. The molecule has 1 aromatic rings. The number of aromatic carboxylic acids is 1. The van der Waals surface area contributed by atoms with Gasteiger partial charge in [-0.15, -0.1) is 0 Å². The van der Waals surface area contributed by atoms with Crippen molar-refractivity contribution in [2.24, 2.45) is 0 Å². The van der Waals surface area contributed by atoms with Crippen LogP contribution in [0.25, 0.3) is 0 Å². The molecule has 0 radical (unpaired) electrons. The van der Waals surface area contributed by atoms with Crippen LogP contribution < -0.4 is 5.32 Å². The molecule has 7 heteroatoms. The van der Waals surface area contributed by atoms with Gasteiger partial charge in [0.25, 0.3) is 0 Å². The maximum absolute atomic E-state index is 11.6. The number of hydrogen-bond acceptors (Lipinski definition) is 5. The number of carbonyl (C=O) groups excluding carboxylic acids is 1. The number of para-hydroxylation sites is 1. The third-order valence-corrected chi connectivity index (χ3v) is 3.31. The fourth-order valence-corrected chi connectivity index (χ4v) is 2.02. The van der Waals surface area contributed by atoms with Crippen molar-refractivity contribution in [3.63, 3.8) is 0 Å². The third kappa shape index (κ3) is 7.32. The van der Waals surface area contributed by atoms with E-state index in [1.165, 1.54) is 31.0 Å². The largest absolute Gasteiger partial charge is 0.505 e. The number of benzene rings is 1. The van der Waals surface area contributed by atoms with Crippen LogP contribution in [0.2, 0.25) is 0 Å². The van der Waals surface area contributed by atoms with Crippen LogP contribution >= 0.6 is 0 Å². The molecule has 0 fully saturated rings. The summed E-state index contributed by atoms with van der Waals surface area (Å²) in [4.78, 5) is 22.5. The Labute approximate surface area is 141 Å². The molecule has 0 saturated carbocycles. The molecule has 0 aromatic heterocycles. The Kier molecular flexibility index (Phi) is 9.29. The minimum Gasteiger partial charge on any atom is -0.505 e. The highest BCUT2D eigenvalue weighted by atomic mass is 16.5. The molecule has 1 aromatic carbocycles. The molecule has 0 atom stereocenters. The molecule has 24 heavy (non-hydrogen) atoms. The third-order valence-electron chi connectivity index (χ3n) is 3.31. The van der Waals surface area contributed by atoms with E-state index in [0.717, 1.165) is 12.8 Å². The molecule has 0 aliphatic rings. The van der Waals surface area contributed by atoms with Crippen LogP contribution in [-0.2, 0) is 9.47 Å². The predicted octanol–water partition coefficient (Wildman–Crippen LogP) is 3.63. The van der Waals surface area contributed by atoms with Crippen LogP contribution in [0.1, 0.15) is 49.4 Å². The molecule has 3 N–H and O–H groups in total. The highest BCUT2D eigenvalue weighted by molar-refractivity contribution is 5.96. The molecule has 0 aliphatic heterocycles. The number of nitrogens with one attached hydrogen (secondary N) is 1. The first-order valence-corrected chi connectivity index (χ1v) is 8.13. The number of rotatable bonds is 11. The number of amides is 1. The van der Waals surface area contributed by atoms with E-state index in [0.29, 0.717) is 19.6 Å². The van der Waals surface area contributed by atoms with E-state index in [-0.39, 0.29) is 17.9 Å². The Bertz CT molecular complexity index is 532. The molecule has 1 rings (SSSR count). The van der Waals surface area contributed by atoms with Crippen molar-refractivity contribution in [3.05, 3.63) is 23.8 Å². The van der Waals surface area contributed by atoms with Gasteiger partial charge in [0.1, 0.15) is 5.56 Å². The number of anilines is 1. The van der Waals surface area contributed by atoms with Gasteiger partial charge in [-0.3, -0.25) is 5.32 Å². The van der Waals surface area contributed by atoms with Gasteiger partial charge in [0.2, 0.25) is 0 Å². The zero-order valence-electron chi connectivity index (χ0n) is 13.9. The van der Waals surface area contributed by atoms with Crippen molar-refractivity contribution >= 4 is 17.7 Å². The van der Waals surface area contributed by atoms with E-state index in [9.17, 15) is 14.7 Å². The topological polar surface area (TPSA) is 105 Å². The number of carboxylic acids is 1. The number of aromatic hydroxyl groups is 1. The maximum Gasteiger partial charge on any atom is 0.411 e. The minimum atomic E-state index is -1.28. The number of carbonyl (C=O) groups is 2. The lowest BCUT2D eigenvalue weighted by Gasteiger charge is -2.10. The quantitative estimate of drug-likeness (QED) is 0.420. The van der Waals surface area contributed by atoms with Gasteiger partial charge >= 0.3 is 12.1 Å². The number of hydrogen-bond donors (Lipinski definition) is 3. The van der Waals surface area contributed by atoms with Gasteiger partial charge in [-0.1, -0.05) is 32.3 Å². The highest BCUT2D eigenvalue weighted by Crippen LogP contribution is 2.27. The SMILES string of the molecule is CCCCCCOCCCOC(=O)Nc1cccc(C(=O)O)c1O. The minimum absolute atomic E-state index is 0.00734. The summed E-state index contributed by atoms with van der Waals surface area (Å²) in [5, 5.41) is 21.0. The van der Waals surface area contributed by atoms with E-state index < -0.39 is 17.8 Å². The fraction of sp³-hybridized carbons (Fsp3) is 0.529. The van der Waals surface area contributed by atoms with Gasteiger partial charge in [-0.05, 0) is 18.6 Å². The number of ether oxygens (including phenoxy) is 2. The Morgan fingerprint density at radius 2 is 1.83 bits per heavy atom. The van der Waals surface area contributed by atoms with Gasteiger partial charge in [-0.2, -0.15) is 0 Å². The lowest BCUT2D eigenvalue weighted by Crippen LogP contribution is -2.16. The van der Waals surface area contributed by atoms with Crippen molar-refractivity contribution in [3.8, 4) is 5.75 Å². The predicted molar refractivity (Wildman–Crippen MR) is 89.6 cm³/mol. The molecule has 0 aliphatic carbocycles. The first-order chi connectivity index (χ1) is 11.6. The summed E-state index contributed by atoms with van der Waals surface area (Å²) in [6, 6.07) is 4.06. The zero-order valence-corrected chi connectivity index (χ0v) is 13.9. The summed E-state index contributed by atoms with van der Waals surface area (Å²) < 4.78 is 10.4. The number of carboxylic acid groups (broad SMARTS) is 1. The second-order valence-electron chi connectivity index (χ2n) is 5.29. The summed E-state index contributed by atoms with van der Waals surface area (Å²) >= 11 is 0. The van der Waals surface area contributed by atoms with Gasteiger partial charge < -0.3 is 19.7 Å². The van der Waals surface area contributed by atoms with Crippen LogP contribution in [0.5, 0.6) is 5.75 Å². The Hall–Kier alpha value is -2.28. The molecular formula is C17H25NO6. The number of unbranched alkanes of at least 4 members (excludes halogenated alkanes) is 3. The van der Waals surface area contributed by atoms with E-state index in [2.05, 4.69) is 12.2 Å². The van der Waals surface area contributed by atoms with Crippen LogP contribution in [0.15, 0.2) is 18.2 Å². The van der Waals surface area contributed by atoms with Crippen molar-refractivity contribution in [1.82, 2.24) is 0 Å². The van der Waals surface area contributed by atoms with Crippen molar-refractivity contribution in [1.29, 1.82) is 0 Å². The summed E-state index contributed by atoms with van der Waals surface area (Å²) in [5.74, 6) is -1.78. The summed E-state index contributed by atoms with van der Waals surface area (Å²) in [7, 11) is 0. The van der Waals surface area contributed by atoms with Crippen LogP contribution in [0.4, 0.5) is 10.5 Å². The molecule has 134 valence electrons. The lowest BCUT2D eigenvalue weighted by molar-refractivity contribution is 0.0693. The molecule has 7 nitrogen and oxygen atoms in total. The van der Waals surface area contributed by atoms with Gasteiger partial charge in [0, 0.05) is 19.6 Å². The number of phenols is 1. The Morgan fingerprint density at radius 3 is 2.54 bits per heavy atom. The first-order valence-electron chi connectivity index (χ1n) is 8.13. The van der Waals surface area contributed by atoms with Crippen LogP contribution in [-0.4, -0.2) is 42.1 Å². The summed E-state index contributed by atoms with van der Waals surface area (Å²) in [5.41, 5.74) is -0.295. The van der Waals surface area contributed by atoms with Crippen LogP contribution in [0, 0.1) is 0 Å². The molecule has 0 spiro atoms. The molecule has 1 amide bonds. The van der Waals surface area contributed by atoms with E-state index in [1.54, 1.807) is 0 Å². The van der Waals surface area contributed by atoms with Crippen LogP contribution in [0.3, 0.4) is 0 Å². The van der Waals surface area contributed by atoms with Crippen molar-refractivity contribution in [2.45, 2.75) is 39.0 Å². The first kappa shape index (κ1) is 19.8. The Balaban J connectivity index is 2.21. The fourth-order valence-electron chi connectivity index (χ4n) is 2.02. The smallest absolute Gasteiger partial charge is 0.411 e. The lowest BCUT2D eigenvalue weighted by atomic mass is 10.2. The standard InChI is InChI=1S/C17H25NO6/c1-2-3-4-5-10-23-11-7-12-24-17(22)18-14-9-6-8-13(15(14)19)16(20)21/h6,8-9,19H,2-5,7,10-12H2,1H3,(H,18,22)(H,20,21). The highest BCUT2D eigenvalue weighted by Gasteiger charge is 2.14. The summed E-state index contributed by atoms with van der Waals surface area (Å²) in [6.45, 7) is 3.56. The van der Waals surface area contributed by atoms with Crippen molar-refractivity contribution in [2.75, 3.05) is 25.1 Å². The molecule has 0 heterocycles. The molecular weight excluding hydrogens is 314 g/mol. The molecule has 0 unspecified atom stereocenters. The summed E-state index contributed by atoms with van der Waals surface area (Å²) in [6.07, 6.45) is 4.41. The van der Waals surface area contributed by atoms with Gasteiger partial charge in [0.15, 0.2) is 5.75 Å². The molecule has 0 bridgehead atoms. The average molecular weight is 339 g/mol. The second kappa shape index (κ2) is 11.3. The van der Waals surface area contributed by atoms with E-state index >= 15 is 0 Å². The zero-order chi connectivity index (χ0) is 17.8. The maximum atomic E-state index is 11.6. The second-order valence-corrected chi connectivity index (χ2v) is 5.29. The monoisotopic (exact) mass is 339 g/mol. The Morgan fingerprint density at radius 1 is 1.08 bits per heavy atom. The van der Waals surface area contributed by atoms with E-state index in [4.69, 9.17) is 14.6 Å². The van der Waals surface area contributed by atoms with Gasteiger partial charge in [0.05, 0.1) is 12.3 Å². The van der Waals surface area contributed by atoms with Gasteiger partial charge in [-0.25, -0.2) is 9.59 Å².